The van der Waals surface area contributed by atoms with E-state index in [0.717, 1.165) is 17.7 Å². The van der Waals surface area contributed by atoms with Gasteiger partial charge < -0.3 is 15.0 Å². The molecule has 20 heavy (non-hydrogen) atoms. The summed E-state index contributed by atoms with van der Waals surface area (Å²) in [4.78, 5) is 4.39. The molecule has 0 aliphatic heterocycles. The molecule has 0 fully saturated rings. The first kappa shape index (κ1) is 14.5. The lowest BCUT2D eigenvalue weighted by atomic mass is 10.0. The van der Waals surface area contributed by atoms with E-state index in [0.29, 0.717) is 24.2 Å². The second kappa shape index (κ2) is 6.52. The Balaban J connectivity index is 2.22. The van der Waals surface area contributed by atoms with Gasteiger partial charge in [0, 0.05) is 5.56 Å². The van der Waals surface area contributed by atoms with E-state index in [1.54, 1.807) is 0 Å². The predicted molar refractivity (Wildman–Crippen MR) is 77.3 cm³/mol. The minimum Gasteiger partial charge on any atom is -0.494 e. The van der Waals surface area contributed by atoms with Gasteiger partial charge in [0.15, 0.2) is 0 Å². The van der Waals surface area contributed by atoms with Crippen molar-refractivity contribution >= 4 is 0 Å². The van der Waals surface area contributed by atoms with Crippen LogP contribution in [-0.2, 0) is 0 Å². The van der Waals surface area contributed by atoms with Crippen LogP contribution in [0.4, 0.5) is 0 Å². The molecule has 0 saturated carbocycles. The zero-order valence-electron chi connectivity index (χ0n) is 12.2. The normalized spacial score (nSPS) is 14.0. The van der Waals surface area contributed by atoms with Crippen LogP contribution >= 0.6 is 0 Å². The molecule has 0 radical (unpaired) electrons. The van der Waals surface area contributed by atoms with Gasteiger partial charge >= 0.3 is 0 Å². The van der Waals surface area contributed by atoms with Crippen molar-refractivity contribution in [2.45, 2.75) is 33.2 Å². The third-order valence-electron chi connectivity index (χ3n) is 3.39. The Labute approximate surface area is 119 Å². The van der Waals surface area contributed by atoms with Crippen LogP contribution in [0.3, 0.4) is 0 Å². The first-order valence-electron chi connectivity index (χ1n) is 6.98. The molecular weight excluding hydrogens is 254 g/mol. The van der Waals surface area contributed by atoms with Crippen molar-refractivity contribution < 1.29 is 9.26 Å². The number of nitrogens with zero attached hydrogens (tertiary/aromatic N) is 2. The largest absolute Gasteiger partial charge is 0.494 e. The molecule has 0 spiro atoms. The highest BCUT2D eigenvalue weighted by molar-refractivity contribution is 5.56. The van der Waals surface area contributed by atoms with Gasteiger partial charge in [-0.1, -0.05) is 37.6 Å². The van der Waals surface area contributed by atoms with Gasteiger partial charge in [-0.3, -0.25) is 0 Å². The van der Waals surface area contributed by atoms with Crippen molar-refractivity contribution in [3.05, 3.63) is 30.2 Å². The maximum Gasteiger partial charge on any atom is 0.244 e. The van der Waals surface area contributed by atoms with Gasteiger partial charge in [-0.25, -0.2) is 0 Å². The molecule has 0 bridgehead atoms. The van der Waals surface area contributed by atoms with E-state index >= 15 is 0 Å². The number of hydrogen-bond donors (Lipinski definition) is 1. The second-order valence-corrected chi connectivity index (χ2v) is 4.83. The molecular formula is C15H21N3O2. The third-order valence-corrected chi connectivity index (χ3v) is 3.39. The van der Waals surface area contributed by atoms with Crippen molar-refractivity contribution in [2.24, 2.45) is 11.7 Å². The molecule has 0 amide bonds. The molecule has 1 aromatic heterocycles. The van der Waals surface area contributed by atoms with Crippen molar-refractivity contribution in [1.82, 2.24) is 10.1 Å². The summed E-state index contributed by atoms with van der Waals surface area (Å²) in [6.45, 7) is 6.74. The number of nitrogens with two attached hydrogens (primary N) is 1. The maximum absolute atomic E-state index is 6.10. The lowest BCUT2D eigenvalue weighted by Gasteiger charge is -2.12. The number of hydrogen-bond acceptors (Lipinski definition) is 5. The molecule has 0 saturated heterocycles. The van der Waals surface area contributed by atoms with E-state index in [9.17, 15) is 0 Å². The number of rotatable bonds is 6. The van der Waals surface area contributed by atoms with Gasteiger partial charge in [0.05, 0.1) is 12.6 Å². The minimum atomic E-state index is -0.226. The quantitative estimate of drug-likeness (QED) is 0.876. The molecule has 2 N–H and O–H groups in total. The Kier molecular flexibility index (Phi) is 4.74. The predicted octanol–water partition coefficient (Wildman–Crippen LogP) is 3.18. The van der Waals surface area contributed by atoms with Crippen molar-refractivity contribution in [1.29, 1.82) is 0 Å². The molecule has 1 heterocycles. The van der Waals surface area contributed by atoms with Crippen LogP contribution in [0.1, 0.15) is 39.1 Å². The lowest BCUT2D eigenvalue weighted by Crippen LogP contribution is -2.18. The van der Waals surface area contributed by atoms with E-state index in [2.05, 4.69) is 24.0 Å². The average Bonchev–Trinajstić information content (AvgIpc) is 2.96. The Morgan fingerprint density at radius 2 is 2.15 bits per heavy atom. The first-order valence-corrected chi connectivity index (χ1v) is 6.98. The van der Waals surface area contributed by atoms with Crippen molar-refractivity contribution in [3.63, 3.8) is 0 Å². The summed E-state index contributed by atoms with van der Waals surface area (Å²) in [5.74, 6) is 2.12. The number of ether oxygens (including phenoxy) is 1. The van der Waals surface area contributed by atoms with Gasteiger partial charge in [0.25, 0.3) is 0 Å². The van der Waals surface area contributed by atoms with Crippen LogP contribution in [0, 0.1) is 5.92 Å². The average molecular weight is 275 g/mol. The minimum absolute atomic E-state index is 0.226. The second-order valence-electron chi connectivity index (χ2n) is 4.83. The summed E-state index contributed by atoms with van der Waals surface area (Å²) >= 11 is 0. The maximum atomic E-state index is 6.10. The van der Waals surface area contributed by atoms with E-state index < -0.39 is 0 Å². The SMILES string of the molecule is CCOc1cccc(-c2noc([C@@H](N)[C@@H](C)CC)n2)c1. The fourth-order valence-electron chi connectivity index (χ4n) is 1.88. The van der Waals surface area contributed by atoms with Gasteiger partial charge in [-0.2, -0.15) is 4.98 Å². The van der Waals surface area contributed by atoms with Gasteiger partial charge in [0.1, 0.15) is 5.75 Å². The first-order chi connectivity index (χ1) is 9.65. The van der Waals surface area contributed by atoms with Crippen LogP contribution in [0.25, 0.3) is 11.4 Å². The highest BCUT2D eigenvalue weighted by atomic mass is 16.5. The molecule has 0 aliphatic carbocycles. The van der Waals surface area contributed by atoms with E-state index in [4.69, 9.17) is 15.0 Å². The molecule has 1 aromatic carbocycles. The Morgan fingerprint density at radius 1 is 1.35 bits per heavy atom. The van der Waals surface area contributed by atoms with Crippen LogP contribution < -0.4 is 10.5 Å². The van der Waals surface area contributed by atoms with Crippen LogP contribution in [0.2, 0.25) is 0 Å². The van der Waals surface area contributed by atoms with Crippen molar-refractivity contribution in [2.75, 3.05) is 6.61 Å². The summed E-state index contributed by atoms with van der Waals surface area (Å²) in [7, 11) is 0. The zero-order valence-corrected chi connectivity index (χ0v) is 12.2. The van der Waals surface area contributed by atoms with Crippen LogP contribution in [-0.4, -0.2) is 16.7 Å². The summed E-state index contributed by atoms with van der Waals surface area (Å²) in [5, 5.41) is 4.00. The smallest absolute Gasteiger partial charge is 0.244 e. The summed E-state index contributed by atoms with van der Waals surface area (Å²) in [6.07, 6.45) is 0.971. The van der Waals surface area contributed by atoms with Crippen LogP contribution in [0.15, 0.2) is 28.8 Å². The molecule has 5 nitrogen and oxygen atoms in total. The fraction of sp³-hybridized carbons (Fsp3) is 0.467. The van der Waals surface area contributed by atoms with Gasteiger partial charge in [-0.15, -0.1) is 0 Å². The van der Waals surface area contributed by atoms with E-state index in [1.165, 1.54) is 0 Å². The molecule has 0 aliphatic rings. The Bertz CT molecular complexity index is 554. The number of benzene rings is 1. The Morgan fingerprint density at radius 3 is 2.85 bits per heavy atom. The molecule has 2 atom stereocenters. The highest BCUT2D eigenvalue weighted by Gasteiger charge is 2.20. The topological polar surface area (TPSA) is 74.2 Å². The summed E-state index contributed by atoms with van der Waals surface area (Å²) in [5.41, 5.74) is 6.96. The number of aromatic nitrogens is 2. The fourth-order valence-corrected chi connectivity index (χ4v) is 1.88. The molecule has 2 rings (SSSR count). The standard InChI is InChI=1S/C15H21N3O2/c1-4-10(3)13(16)15-17-14(18-20-15)11-7-6-8-12(9-11)19-5-2/h6-10,13H,4-5,16H2,1-3H3/t10-,13-/m0/s1. The van der Waals surface area contributed by atoms with Gasteiger partial charge in [0.2, 0.25) is 11.7 Å². The molecule has 0 unspecified atom stereocenters. The molecule has 5 heteroatoms. The lowest BCUT2D eigenvalue weighted by molar-refractivity contribution is 0.312. The summed E-state index contributed by atoms with van der Waals surface area (Å²) < 4.78 is 10.7. The molecule has 2 aromatic rings. The van der Waals surface area contributed by atoms with Crippen molar-refractivity contribution in [3.8, 4) is 17.1 Å². The summed E-state index contributed by atoms with van der Waals surface area (Å²) in [6, 6.07) is 7.40. The van der Waals surface area contributed by atoms with E-state index in [-0.39, 0.29) is 6.04 Å². The monoisotopic (exact) mass is 275 g/mol. The third kappa shape index (κ3) is 3.17. The zero-order chi connectivity index (χ0) is 14.5. The van der Waals surface area contributed by atoms with E-state index in [1.807, 2.05) is 31.2 Å². The van der Waals surface area contributed by atoms with Crippen LogP contribution in [0.5, 0.6) is 5.75 Å². The Hall–Kier alpha value is -1.88. The van der Waals surface area contributed by atoms with Gasteiger partial charge in [-0.05, 0) is 25.0 Å². The highest BCUT2D eigenvalue weighted by Crippen LogP contribution is 2.25. The molecule has 108 valence electrons.